The number of ether oxygens (including phenoxy) is 1. The Bertz CT molecular complexity index is 230. The lowest BCUT2D eigenvalue weighted by atomic mass is 9.96. The van der Waals surface area contributed by atoms with Gasteiger partial charge in [-0.2, -0.15) is 0 Å². The maximum atomic E-state index is 5.38. The SMILES string of the molecule is CCCNC(=NC)N(C)CCC1CCOCC1.I. The smallest absolute Gasteiger partial charge is 0.193 e. The van der Waals surface area contributed by atoms with Crippen molar-refractivity contribution in [2.24, 2.45) is 10.9 Å². The van der Waals surface area contributed by atoms with Crippen LogP contribution in [0.2, 0.25) is 0 Å². The number of hydrogen-bond donors (Lipinski definition) is 1. The molecule has 108 valence electrons. The minimum Gasteiger partial charge on any atom is -0.381 e. The van der Waals surface area contributed by atoms with Crippen molar-refractivity contribution in [2.45, 2.75) is 32.6 Å². The summed E-state index contributed by atoms with van der Waals surface area (Å²) in [6.07, 6.45) is 4.81. The van der Waals surface area contributed by atoms with Crippen molar-refractivity contribution in [1.82, 2.24) is 10.2 Å². The van der Waals surface area contributed by atoms with Crippen LogP contribution in [0.15, 0.2) is 4.99 Å². The van der Waals surface area contributed by atoms with Gasteiger partial charge in [0.2, 0.25) is 0 Å². The van der Waals surface area contributed by atoms with Crippen molar-refractivity contribution in [3.63, 3.8) is 0 Å². The standard InChI is InChI=1S/C13H27N3O.HI/c1-4-8-15-13(14-2)16(3)9-5-12-6-10-17-11-7-12;/h12H,4-11H2,1-3H3,(H,14,15);1H. The second-order valence-corrected chi connectivity index (χ2v) is 4.74. The number of guanidine groups is 1. The van der Waals surface area contributed by atoms with E-state index in [1.807, 2.05) is 7.05 Å². The third-order valence-electron chi connectivity index (χ3n) is 3.32. The quantitative estimate of drug-likeness (QED) is 0.459. The zero-order chi connectivity index (χ0) is 12.5. The topological polar surface area (TPSA) is 36.9 Å². The average Bonchev–Trinajstić information content (AvgIpc) is 2.38. The van der Waals surface area contributed by atoms with E-state index in [0.29, 0.717) is 0 Å². The van der Waals surface area contributed by atoms with Gasteiger partial charge in [0.25, 0.3) is 0 Å². The van der Waals surface area contributed by atoms with E-state index in [2.05, 4.69) is 29.2 Å². The molecule has 0 atom stereocenters. The lowest BCUT2D eigenvalue weighted by Crippen LogP contribution is -2.40. The van der Waals surface area contributed by atoms with Crippen molar-refractivity contribution in [1.29, 1.82) is 0 Å². The Kier molecular flexibility index (Phi) is 10.8. The largest absolute Gasteiger partial charge is 0.381 e. The Hall–Kier alpha value is -0.0400. The van der Waals surface area contributed by atoms with Crippen molar-refractivity contribution in [3.8, 4) is 0 Å². The molecular formula is C13H28IN3O. The molecule has 0 aromatic rings. The highest BCUT2D eigenvalue weighted by atomic mass is 127. The summed E-state index contributed by atoms with van der Waals surface area (Å²) in [5, 5.41) is 3.36. The lowest BCUT2D eigenvalue weighted by molar-refractivity contribution is 0.0625. The number of nitrogens with zero attached hydrogens (tertiary/aromatic N) is 2. The lowest BCUT2D eigenvalue weighted by Gasteiger charge is -2.26. The average molecular weight is 369 g/mol. The van der Waals surface area contributed by atoms with E-state index in [1.54, 1.807) is 0 Å². The Morgan fingerprint density at radius 3 is 2.61 bits per heavy atom. The van der Waals surface area contributed by atoms with Gasteiger partial charge in [0, 0.05) is 40.4 Å². The van der Waals surface area contributed by atoms with Gasteiger partial charge in [0.1, 0.15) is 0 Å². The molecule has 0 spiro atoms. The van der Waals surface area contributed by atoms with Crippen LogP contribution in [0, 0.1) is 5.92 Å². The van der Waals surface area contributed by atoms with Crippen LogP contribution in [0.3, 0.4) is 0 Å². The van der Waals surface area contributed by atoms with Gasteiger partial charge < -0.3 is 15.0 Å². The Morgan fingerprint density at radius 2 is 2.06 bits per heavy atom. The molecule has 1 aliphatic heterocycles. The van der Waals surface area contributed by atoms with Crippen LogP contribution in [0.5, 0.6) is 0 Å². The Labute approximate surface area is 129 Å². The molecule has 1 fully saturated rings. The summed E-state index contributed by atoms with van der Waals surface area (Å²) in [6, 6.07) is 0. The molecule has 1 rings (SSSR count). The number of hydrogen-bond acceptors (Lipinski definition) is 2. The van der Waals surface area contributed by atoms with Crippen LogP contribution >= 0.6 is 24.0 Å². The molecule has 18 heavy (non-hydrogen) atoms. The maximum absolute atomic E-state index is 5.38. The molecule has 0 aliphatic carbocycles. The first kappa shape index (κ1) is 18.0. The summed E-state index contributed by atoms with van der Waals surface area (Å²) in [6.45, 7) is 6.12. The predicted molar refractivity (Wildman–Crippen MR) is 87.9 cm³/mol. The fourth-order valence-electron chi connectivity index (χ4n) is 2.14. The molecule has 4 nitrogen and oxygen atoms in total. The van der Waals surface area contributed by atoms with Crippen LogP contribution in [-0.4, -0.2) is 51.3 Å². The van der Waals surface area contributed by atoms with E-state index in [9.17, 15) is 0 Å². The van der Waals surface area contributed by atoms with Crippen molar-refractivity contribution < 1.29 is 4.74 Å². The fraction of sp³-hybridized carbons (Fsp3) is 0.923. The highest BCUT2D eigenvalue weighted by Gasteiger charge is 2.15. The van der Waals surface area contributed by atoms with E-state index >= 15 is 0 Å². The molecule has 0 saturated carbocycles. The molecule has 1 N–H and O–H groups in total. The monoisotopic (exact) mass is 369 g/mol. The van der Waals surface area contributed by atoms with Crippen molar-refractivity contribution in [2.75, 3.05) is 40.4 Å². The first-order chi connectivity index (χ1) is 8.27. The van der Waals surface area contributed by atoms with E-state index in [-0.39, 0.29) is 24.0 Å². The predicted octanol–water partition coefficient (Wildman–Crippen LogP) is 2.34. The zero-order valence-electron chi connectivity index (χ0n) is 11.9. The summed E-state index contributed by atoms with van der Waals surface area (Å²) in [5.41, 5.74) is 0. The number of rotatable bonds is 5. The zero-order valence-corrected chi connectivity index (χ0v) is 14.3. The molecular weight excluding hydrogens is 341 g/mol. The first-order valence-electron chi connectivity index (χ1n) is 6.77. The van der Waals surface area contributed by atoms with Crippen LogP contribution in [0.1, 0.15) is 32.6 Å². The molecule has 0 unspecified atom stereocenters. The molecule has 1 heterocycles. The molecule has 5 heteroatoms. The molecule has 0 aromatic carbocycles. The highest BCUT2D eigenvalue weighted by molar-refractivity contribution is 14.0. The number of halogens is 1. The van der Waals surface area contributed by atoms with Crippen molar-refractivity contribution in [3.05, 3.63) is 0 Å². The summed E-state index contributed by atoms with van der Waals surface area (Å²) in [4.78, 5) is 6.52. The van der Waals surface area contributed by atoms with E-state index < -0.39 is 0 Å². The molecule has 0 bridgehead atoms. The normalized spacial score (nSPS) is 17.2. The van der Waals surface area contributed by atoms with E-state index in [4.69, 9.17) is 4.74 Å². The highest BCUT2D eigenvalue weighted by Crippen LogP contribution is 2.18. The van der Waals surface area contributed by atoms with E-state index in [1.165, 1.54) is 19.3 Å². The molecule has 1 saturated heterocycles. The molecule has 0 aromatic heterocycles. The third kappa shape index (κ3) is 6.78. The minimum atomic E-state index is 0. The Morgan fingerprint density at radius 1 is 1.39 bits per heavy atom. The second kappa shape index (κ2) is 10.8. The van der Waals surface area contributed by atoms with Gasteiger partial charge in [-0.15, -0.1) is 24.0 Å². The summed E-state index contributed by atoms with van der Waals surface area (Å²) in [7, 11) is 3.97. The number of nitrogens with one attached hydrogen (secondary N) is 1. The summed E-state index contributed by atoms with van der Waals surface area (Å²) >= 11 is 0. The maximum Gasteiger partial charge on any atom is 0.193 e. The molecule has 0 amide bonds. The van der Waals surface area contributed by atoms with Gasteiger partial charge in [-0.1, -0.05) is 6.92 Å². The van der Waals surface area contributed by atoms with Crippen LogP contribution in [0.4, 0.5) is 0 Å². The molecule has 0 radical (unpaired) electrons. The van der Waals surface area contributed by atoms with Gasteiger partial charge >= 0.3 is 0 Å². The Balaban J connectivity index is 0.00000289. The van der Waals surface area contributed by atoms with Crippen LogP contribution in [0.25, 0.3) is 0 Å². The molecule has 1 aliphatic rings. The van der Waals surface area contributed by atoms with Gasteiger partial charge in [-0.25, -0.2) is 0 Å². The fourth-order valence-corrected chi connectivity index (χ4v) is 2.14. The first-order valence-corrected chi connectivity index (χ1v) is 6.77. The third-order valence-corrected chi connectivity index (χ3v) is 3.32. The van der Waals surface area contributed by atoms with Crippen LogP contribution in [-0.2, 0) is 4.74 Å². The summed E-state index contributed by atoms with van der Waals surface area (Å²) < 4.78 is 5.38. The van der Waals surface area contributed by atoms with Gasteiger partial charge in [0.15, 0.2) is 5.96 Å². The minimum absolute atomic E-state index is 0. The van der Waals surface area contributed by atoms with Gasteiger partial charge in [-0.3, -0.25) is 4.99 Å². The van der Waals surface area contributed by atoms with Crippen LogP contribution < -0.4 is 5.32 Å². The number of aliphatic imine (C=N–C) groups is 1. The summed E-state index contributed by atoms with van der Waals surface area (Å²) in [5.74, 6) is 1.84. The van der Waals surface area contributed by atoms with E-state index in [0.717, 1.165) is 44.6 Å². The second-order valence-electron chi connectivity index (χ2n) is 4.74. The van der Waals surface area contributed by atoms with Gasteiger partial charge in [-0.05, 0) is 31.6 Å². The van der Waals surface area contributed by atoms with Gasteiger partial charge in [0.05, 0.1) is 0 Å². The van der Waals surface area contributed by atoms with Crippen molar-refractivity contribution >= 4 is 29.9 Å².